The number of hydrogen-bond donors (Lipinski definition) is 1. The Morgan fingerprint density at radius 2 is 2.50 bits per heavy atom. The van der Waals surface area contributed by atoms with Gasteiger partial charge in [0.1, 0.15) is 0 Å². The van der Waals surface area contributed by atoms with Gasteiger partial charge in [-0.15, -0.1) is 0 Å². The fourth-order valence-electron chi connectivity index (χ4n) is 0.785. The van der Waals surface area contributed by atoms with E-state index >= 15 is 0 Å². The van der Waals surface area contributed by atoms with Crippen molar-refractivity contribution in [2.45, 2.75) is 6.42 Å². The molecule has 0 unspecified atom stereocenters. The third-order valence-corrected chi connectivity index (χ3v) is 1.20. The molecule has 0 amide bonds. The molecule has 0 aromatic carbocycles. The molecule has 2 bridgehead atoms. The van der Waals surface area contributed by atoms with E-state index < -0.39 is 0 Å². The second-order valence-electron chi connectivity index (χ2n) is 1.71. The molecule has 1 aromatic heterocycles. The van der Waals surface area contributed by atoms with E-state index in [0.29, 0.717) is 0 Å². The summed E-state index contributed by atoms with van der Waals surface area (Å²) in [6, 6.07) is 2.17. The first-order valence-corrected chi connectivity index (χ1v) is 2.11. The maximum atomic E-state index is 3.09. The van der Waals surface area contributed by atoms with Crippen molar-refractivity contribution in [1.29, 1.82) is 0 Å². The molecule has 1 heteroatoms. The average Bonchev–Trinajstić information content (AvgIpc) is 1.72. The fraction of sp³-hybridized carbons (Fsp3) is 0.200. The van der Waals surface area contributed by atoms with Crippen LogP contribution < -0.4 is 0 Å². The van der Waals surface area contributed by atoms with Gasteiger partial charge in [0.2, 0.25) is 0 Å². The maximum absolute atomic E-state index is 3.09. The van der Waals surface area contributed by atoms with Gasteiger partial charge < -0.3 is 4.98 Å². The van der Waals surface area contributed by atoms with Crippen LogP contribution in [0, 0.1) is 0 Å². The van der Waals surface area contributed by atoms with Crippen molar-refractivity contribution in [2.75, 3.05) is 0 Å². The van der Waals surface area contributed by atoms with Gasteiger partial charge in [-0.3, -0.25) is 0 Å². The highest BCUT2D eigenvalue weighted by molar-refractivity contribution is 5.31. The summed E-state index contributed by atoms with van der Waals surface area (Å²) in [5.74, 6) is 0. The molecule has 0 radical (unpaired) electrons. The van der Waals surface area contributed by atoms with Crippen LogP contribution in [0.2, 0.25) is 0 Å². The van der Waals surface area contributed by atoms with Crippen LogP contribution in [0.3, 0.4) is 0 Å². The Labute approximate surface area is 36.0 Å². The van der Waals surface area contributed by atoms with Crippen LogP contribution in [0.15, 0.2) is 12.3 Å². The number of fused-ring (bicyclic) bond motifs is 1. The fourth-order valence-corrected chi connectivity index (χ4v) is 0.785. The predicted octanol–water partition coefficient (Wildman–Crippen LogP) is 0.919. The number of hydrogen-bond acceptors (Lipinski definition) is 0. The molecule has 0 fully saturated rings. The van der Waals surface area contributed by atoms with Crippen molar-refractivity contribution in [1.82, 2.24) is 4.98 Å². The normalized spacial score (nSPS) is 14.0. The molecule has 3 rings (SSSR count). The van der Waals surface area contributed by atoms with Gasteiger partial charge in [-0.25, -0.2) is 0 Å². The van der Waals surface area contributed by atoms with E-state index in [1.165, 1.54) is 17.7 Å². The molecule has 0 atom stereocenters. The highest BCUT2D eigenvalue weighted by Crippen LogP contribution is 2.17. The van der Waals surface area contributed by atoms with E-state index in [1.54, 1.807) is 0 Å². The van der Waals surface area contributed by atoms with Crippen LogP contribution in [-0.2, 0) is 6.42 Å². The summed E-state index contributed by atoms with van der Waals surface area (Å²) in [6.07, 6.45) is 3.25. The lowest BCUT2D eigenvalue weighted by Gasteiger charge is -1.96. The van der Waals surface area contributed by atoms with E-state index in [9.17, 15) is 0 Å². The maximum Gasteiger partial charge on any atom is 0.0195 e. The number of aromatic amines is 1. The lowest BCUT2D eigenvalue weighted by atomic mass is 10.1. The lowest BCUT2D eigenvalue weighted by molar-refractivity contribution is 1.11. The first-order chi connectivity index (χ1) is 2.95. The van der Waals surface area contributed by atoms with Gasteiger partial charge in [-0.2, -0.15) is 0 Å². The molecule has 30 valence electrons. The summed E-state index contributed by atoms with van der Waals surface area (Å²) in [5, 5.41) is 0. The molecule has 0 saturated heterocycles. The van der Waals surface area contributed by atoms with E-state index in [2.05, 4.69) is 17.2 Å². The molecule has 2 aliphatic rings. The zero-order valence-corrected chi connectivity index (χ0v) is 3.36. The Hall–Kier alpha value is -0.720. The van der Waals surface area contributed by atoms with E-state index in [0.717, 1.165) is 0 Å². The van der Waals surface area contributed by atoms with Crippen molar-refractivity contribution in [3.05, 3.63) is 23.5 Å². The first-order valence-electron chi connectivity index (χ1n) is 2.11. The van der Waals surface area contributed by atoms with Crippen LogP contribution >= 0.6 is 0 Å². The Balaban J connectivity index is 2.95. The first kappa shape index (κ1) is 2.45. The molecule has 1 aliphatic heterocycles. The summed E-state index contributed by atoms with van der Waals surface area (Å²) in [5.41, 5.74) is 2.83. The minimum absolute atomic E-state index is 1.19. The van der Waals surface area contributed by atoms with Crippen LogP contribution in [-0.4, -0.2) is 4.98 Å². The molecule has 1 aliphatic carbocycles. The Morgan fingerprint density at radius 3 is 2.67 bits per heavy atom. The van der Waals surface area contributed by atoms with Crippen LogP contribution in [0.5, 0.6) is 0 Å². The van der Waals surface area contributed by atoms with Crippen molar-refractivity contribution < 1.29 is 0 Å². The minimum Gasteiger partial charge on any atom is -0.364 e. The van der Waals surface area contributed by atoms with Gasteiger partial charge in [0.15, 0.2) is 0 Å². The van der Waals surface area contributed by atoms with Gasteiger partial charge in [0, 0.05) is 18.3 Å². The molecule has 1 N–H and O–H groups in total. The average molecular weight is 79.1 g/mol. The lowest BCUT2D eigenvalue weighted by Crippen LogP contribution is -1.88. The summed E-state index contributed by atoms with van der Waals surface area (Å²) < 4.78 is 0. The molecule has 2 heterocycles. The zero-order chi connectivity index (χ0) is 3.98. The smallest absolute Gasteiger partial charge is 0.0195 e. The standard InChI is InChI=1S/C5H5N/c1-4-2-5(1)6-3-4/h1,3,6H,2H2. The highest BCUT2D eigenvalue weighted by atomic mass is 14.7. The molecule has 1 aromatic rings. The third kappa shape index (κ3) is 0.113. The largest absolute Gasteiger partial charge is 0.364 e. The molecular formula is C5H5N. The van der Waals surface area contributed by atoms with E-state index in [1.807, 2.05) is 0 Å². The number of rotatable bonds is 0. The van der Waals surface area contributed by atoms with Crippen molar-refractivity contribution in [3.8, 4) is 0 Å². The van der Waals surface area contributed by atoms with Crippen LogP contribution in [0.4, 0.5) is 0 Å². The van der Waals surface area contributed by atoms with Crippen molar-refractivity contribution in [3.63, 3.8) is 0 Å². The summed E-state index contributed by atoms with van der Waals surface area (Å²) in [4.78, 5) is 3.09. The van der Waals surface area contributed by atoms with Gasteiger partial charge in [-0.1, -0.05) is 0 Å². The van der Waals surface area contributed by atoms with Gasteiger partial charge >= 0.3 is 0 Å². The van der Waals surface area contributed by atoms with E-state index in [4.69, 9.17) is 0 Å². The number of aromatic nitrogens is 1. The Bertz CT molecular complexity index is 140. The van der Waals surface area contributed by atoms with Crippen molar-refractivity contribution in [2.24, 2.45) is 0 Å². The van der Waals surface area contributed by atoms with Gasteiger partial charge in [0.25, 0.3) is 0 Å². The molecule has 6 heavy (non-hydrogen) atoms. The topological polar surface area (TPSA) is 15.8 Å². The number of H-pyrrole nitrogens is 1. The van der Waals surface area contributed by atoms with Gasteiger partial charge in [-0.05, 0) is 11.6 Å². The molecule has 1 nitrogen and oxygen atoms in total. The minimum atomic E-state index is 1.19. The Morgan fingerprint density at radius 1 is 1.67 bits per heavy atom. The third-order valence-electron chi connectivity index (χ3n) is 1.20. The molecule has 0 spiro atoms. The highest BCUT2D eigenvalue weighted by Gasteiger charge is 2.07. The van der Waals surface area contributed by atoms with Crippen LogP contribution in [0.25, 0.3) is 0 Å². The quantitative estimate of drug-likeness (QED) is 0.483. The van der Waals surface area contributed by atoms with Crippen LogP contribution in [0.1, 0.15) is 11.3 Å². The monoisotopic (exact) mass is 79.0 g/mol. The second kappa shape index (κ2) is 0.535. The van der Waals surface area contributed by atoms with Crippen molar-refractivity contribution >= 4 is 0 Å². The van der Waals surface area contributed by atoms with Gasteiger partial charge in [0.05, 0.1) is 0 Å². The molecular weight excluding hydrogens is 74.1 g/mol. The van der Waals surface area contributed by atoms with E-state index in [-0.39, 0.29) is 0 Å². The Kier molecular flexibility index (Phi) is 0.219. The predicted molar refractivity (Wildman–Crippen MR) is 23.6 cm³/mol. The summed E-state index contributed by atoms with van der Waals surface area (Å²) in [7, 11) is 0. The second-order valence-corrected chi connectivity index (χ2v) is 1.71. The summed E-state index contributed by atoms with van der Waals surface area (Å²) in [6.45, 7) is 0. The number of nitrogens with one attached hydrogen (secondary N) is 1. The molecule has 0 saturated carbocycles. The summed E-state index contributed by atoms with van der Waals surface area (Å²) >= 11 is 0. The SMILES string of the molecule is c1[nH]c2cc1C2. The zero-order valence-electron chi connectivity index (χ0n) is 3.36.